The molecule has 2 fully saturated rings. The van der Waals surface area contributed by atoms with E-state index in [1.54, 1.807) is 0 Å². The molecule has 1 aliphatic heterocycles. The lowest BCUT2D eigenvalue weighted by molar-refractivity contribution is -0.124. The number of nitrogens with zero attached hydrogens (tertiary/aromatic N) is 3. The Hall–Kier alpha value is -1.67. The van der Waals surface area contributed by atoms with Crippen LogP contribution in [0.25, 0.3) is 0 Å². The number of piperazine rings is 1. The second-order valence-corrected chi connectivity index (χ2v) is 9.74. The fraction of sp³-hybridized carbons (Fsp3) is 0.750. The Balaban J connectivity index is 1.45. The van der Waals surface area contributed by atoms with Gasteiger partial charge in [-0.25, -0.2) is 4.98 Å². The minimum atomic E-state index is -0.219. The molecule has 28 heavy (non-hydrogen) atoms. The maximum atomic E-state index is 12.8. The predicted molar refractivity (Wildman–Crippen MR) is 113 cm³/mol. The first-order chi connectivity index (χ1) is 13.3. The van der Waals surface area contributed by atoms with Crippen LogP contribution in [0.15, 0.2) is 5.38 Å². The molecule has 0 unspecified atom stereocenters. The van der Waals surface area contributed by atoms with Crippen LogP contribution in [0.2, 0.25) is 0 Å². The Kier molecular flexibility index (Phi) is 6.93. The molecule has 2 N–H and O–H groups in total. The number of carbonyl (C=O) groups excluding carboxylic acids is 2. The van der Waals surface area contributed by atoms with Crippen molar-refractivity contribution in [2.45, 2.75) is 64.5 Å². The Morgan fingerprint density at radius 2 is 1.82 bits per heavy atom. The van der Waals surface area contributed by atoms with Gasteiger partial charge in [-0.2, -0.15) is 0 Å². The van der Waals surface area contributed by atoms with E-state index in [1.165, 1.54) is 43.4 Å². The van der Waals surface area contributed by atoms with Crippen LogP contribution in [0, 0.1) is 0 Å². The van der Waals surface area contributed by atoms with E-state index in [0.29, 0.717) is 44.5 Å². The molecule has 0 spiro atoms. The third kappa shape index (κ3) is 6.17. The number of nitrogens with one attached hydrogen (secondary N) is 2. The van der Waals surface area contributed by atoms with Crippen molar-refractivity contribution in [2.75, 3.05) is 38.0 Å². The van der Waals surface area contributed by atoms with Gasteiger partial charge in [0.2, 0.25) is 5.91 Å². The SMILES string of the molecule is CC(C)(C)NC(=O)CN1CCN(C(=O)c2csc(NC3CCCCC3)n2)CC1. The number of rotatable bonds is 5. The monoisotopic (exact) mass is 407 g/mol. The van der Waals surface area contributed by atoms with E-state index in [1.807, 2.05) is 31.1 Å². The molecule has 1 aromatic heterocycles. The lowest BCUT2D eigenvalue weighted by Crippen LogP contribution is -2.52. The standard InChI is InChI=1S/C20H33N5O2S/c1-20(2,3)23-17(26)13-24-9-11-25(12-10-24)18(27)16-14-28-19(22-16)21-15-7-5-4-6-8-15/h14-15H,4-13H2,1-3H3,(H,21,22)(H,23,26). The van der Waals surface area contributed by atoms with Gasteiger partial charge in [0.1, 0.15) is 5.69 Å². The van der Waals surface area contributed by atoms with Crippen molar-refractivity contribution in [1.29, 1.82) is 0 Å². The molecule has 3 rings (SSSR count). The number of amides is 2. The number of anilines is 1. The molecule has 1 saturated carbocycles. The predicted octanol–water partition coefficient (Wildman–Crippen LogP) is 2.56. The quantitative estimate of drug-likeness (QED) is 0.784. The van der Waals surface area contributed by atoms with Gasteiger partial charge in [-0.1, -0.05) is 19.3 Å². The maximum Gasteiger partial charge on any atom is 0.273 e. The Labute approximate surface area is 171 Å². The zero-order valence-corrected chi connectivity index (χ0v) is 18.1. The molecule has 156 valence electrons. The Morgan fingerprint density at radius 3 is 2.46 bits per heavy atom. The number of hydrogen-bond acceptors (Lipinski definition) is 6. The first-order valence-corrected chi connectivity index (χ1v) is 11.2. The van der Waals surface area contributed by atoms with Gasteiger partial charge in [0.15, 0.2) is 5.13 Å². The molecular weight excluding hydrogens is 374 g/mol. The topological polar surface area (TPSA) is 77.6 Å². The van der Waals surface area contributed by atoms with Crippen LogP contribution in [0.1, 0.15) is 63.4 Å². The smallest absolute Gasteiger partial charge is 0.273 e. The minimum Gasteiger partial charge on any atom is -0.359 e. The van der Waals surface area contributed by atoms with Crippen LogP contribution >= 0.6 is 11.3 Å². The molecule has 0 bridgehead atoms. The third-order valence-electron chi connectivity index (χ3n) is 5.20. The highest BCUT2D eigenvalue weighted by Gasteiger charge is 2.26. The summed E-state index contributed by atoms with van der Waals surface area (Å²) in [7, 11) is 0. The van der Waals surface area contributed by atoms with Crippen molar-refractivity contribution in [1.82, 2.24) is 20.1 Å². The number of aromatic nitrogens is 1. The molecule has 2 aliphatic rings. The van der Waals surface area contributed by atoms with E-state index in [0.717, 1.165) is 5.13 Å². The molecule has 0 radical (unpaired) electrons. The summed E-state index contributed by atoms with van der Waals surface area (Å²) in [5, 5.41) is 9.19. The summed E-state index contributed by atoms with van der Waals surface area (Å²) in [6.45, 7) is 8.99. The summed E-state index contributed by atoms with van der Waals surface area (Å²) in [5.74, 6) is 0.0249. The zero-order valence-electron chi connectivity index (χ0n) is 17.3. The minimum absolute atomic E-state index is 0.00765. The summed E-state index contributed by atoms with van der Waals surface area (Å²) in [6.07, 6.45) is 6.24. The van der Waals surface area contributed by atoms with Gasteiger partial charge in [-0.15, -0.1) is 11.3 Å². The average molecular weight is 408 g/mol. The summed E-state index contributed by atoms with van der Waals surface area (Å²) in [5.41, 5.74) is 0.310. The number of hydrogen-bond donors (Lipinski definition) is 2. The van der Waals surface area contributed by atoms with Gasteiger partial charge in [0, 0.05) is 43.1 Å². The van der Waals surface area contributed by atoms with Crippen LogP contribution in [-0.2, 0) is 4.79 Å². The molecule has 1 aromatic rings. The van der Waals surface area contributed by atoms with Crippen LogP contribution in [0.5, 0.6) is 0 Å². The molecule has 2 amide bonds. The Morgan fingerprint density at radius 1 is 1.14 bits per heavy atom. The highest BCUT2D eigenvalue weighted by atomic mass is 32.1. The molecule has 0 aromatic carbocycles. The van der Waals surface area contributed by atoms with Crippen LogP contribution in [-0.4, -0.2) is 70.9 Å². The van der Waals surface area contributed by atoms with Gasteiger partial charge in [0.25, 0.3) is 5.91 Å². The summed E-state index contributed by atoms with van der Waals surface area (Å²) < 4.78 is 0. The van der Waals surface area contributed by atoms with E-state index in [4.69, 9.17) is 0 Å². The van der Waals surface area contributed by atoms with Crippen molar-refractivity contribution in [2.24, 2.45) is 0 Å². The van der Waals surface area contributed by atoms with E-state index >= 15 is 0 Å². The molecular formula is C20H33N5O2S. The van der Waals surface area contributed by atoms with Crippen molar-refractivity contribution < 1.29 is 9.59 Å². The second-order valence-electron chi connectivity index (χ2n) is 8.88. The number of carbonyl (C=O) groups is 2. The van der Waals surface area contributed by atoms with Crippen molar-refractivity contribution in [3.05, 3.63) is 11.1 Å². The largest absolute Gasteiger partial charge is 0.359 e. The van der Waals surface area contributed by atoms with E-state index in [2.05, 4.69) is 20.5 Å². The fourth-order valence-corrected chi connectivity index (χ4v) is 4.55. The van der Waals surface area contributed by atoms with Crippen molar-refractivity contribution >= 4 is 28.3 Å². The first kappa shape index (κ1) is 21.0. The van der Waals surface area contributed by atoms with E-state index < -0.39 is 0 Å². The highest BCUT2D eigenvalue weighted by molar-refractivity contribution is 7.13. The zero-order chi connectivity index (χ0) is 20.1. The van der Waals surface area contributed by atoms with Gasteiger partial charge in [-0.05, 0) is 33.6 Å². The van der Waals surface area contributed by atoms with Crippen molar-refractivity contribution in [3.63, 3.8) is 0 Å². The highest BCUT2D eigenvalue weighted by Crippen LogP contribution is 2.24. The van der Waals surface area contributed by atoms with Gasteiger partial charge in [-0.3, -0.25) is 14.5 Å². The lowest BCUT2D eigenvalue weighted by Gasteiger charge is -2.34. The normalized spacial score (nSPS) is 19.5. The molecule has 0 atom stereocenters. The fourth-order valence-electron chi connectivity index (χ4n) is 3.79. The summed E-state index contributed by atoms with van der Waals surface area (Å²) in [4.78, 5) is 33.3. The molecule has 1 saturated heterocycles. The number of thiazole rings is 1. The Bertz CT molecular complexity index is 670. The average Bonchev–Trinajstić information content (AvgIpc) is 3.09. The summed E-state index contributed by atoms with van der Waals surface area (Å²) in [6, 6.07) is 0.491. The second kappa shape index (κ2) is 9.22. The third-order valence-corrected chi connectivity index (χ3v) is 5.97. The van der Waals surface area contributed by atoms with E-state index in [9.17, 15) is 9.59 Å². The maximum absolute atomic E-state index is 12.8. The lowest BCUT2D eigenvalue weighted by atomic mass is 9.96. The van der Waals surface area contributed by atoms with Crippen LogP contribution in [0.3, 0.4) is 0 Å². The molecule has 8 heteroatoms. The summed E-state index contributed by atoms with van der Waals surface area (Å²) >= 11 is 1.52. The van der Waals surface area contributed by atoms with Crippen molar-refractivity contribution in [3.8, 4) is 0 Å². The van der Waals surface area contributed by atoms with Gasteiger partial charge >= 0.3 is 0 Å². The molecule has 7 nitrogen and oxygen atoms in total. The first-order valence-electron chi connectivity index (χ1n) is 10.3. The van der Waals surface area contributed by atoms with Crippen LogP contribution < -0.4 is 10.6 Å². The van der Waals surface area contributed by atoms with Gasteiger partial charge in [0.05, 0.1) is 6.54 Å². The molecule has 2 heterocycles. The van der Waals surface area contributed by atoms with Crippen LogP contribution in [0.4, 0.5) is 5.13 Å². The van der Waals surface area contributed by atoms with E-state index in [-0.39, 0.29) is 17.4 Å². The molecule has 1 aliphatic carbocycles. The van der Waals surface area contributed by atoms with Gasteiger partial charge < -0.3 is 15.5 Å².